The minimum atomic E-state index is -0.171. The first-order valence-corrected chi connectivity index (χ1v) is 8.90. The standard InChI is InChI=1S/C17H18N4O2S/c1-11-8-14(17(22)18-10-12-4-2-6-23-12)19-16-9-13(20-21(11)16)15-5-3-7-24-15/h3,5,7-9,12H,2,4,6,10H2,1H3,(H,18,22)/t12-/m0/s1. The van der Waals surface area contributed by atoms with Crippen LogP contribution in [-0.2, 0) is 4.74 Å². The van der Waals surface area contributed by atoms with Gasteiger partial charge in [-0.05, 0) is 37.3 Å². The Hall–Kier alpha value is -2.25. The van der Waals surface area contributed by atoms with Crippen LogP contribution in [0.15, 0.2) is 29.6 Å². The van der Waals surface area contributed by atoms with E-state index in [2.05, 4.69) is 15.4 Å². The molecule has 1 N–H and O–H groups in total. The van der Waals surface area contributed by atoms with Crippen molar-refractivity contribution in [2.45, 2.75) is 25.9 Å². The average Bonchev–Trinajstić information content (AvgIpc) is 3.31. The summed E-state index contributed by atoms with van der Waals surface area (Å²) in [6.45, 7) is 3.24. The quantitative estimate of drug-likeness (QED) is 0.791. The van der Waals surface area contributed by atoms with Gasteiger partial charge in [0, 0.05) is 24.9 Å². The van der Waals surface area contributed by atoms with Crippen LogP contribution in [0, 0.1) is 6.92 Å². The van der Waals surface area contributed by atoms with E-state index in [1.54, 1.807) is 21.9 Å². The van der Waals surface area contributed by atoms with Crippen molar-refractivity contribution in [3.8, 4) is 10.6 Å². The molecule has 1 aliphatic rings. The fourth-order valence-electron chi connectivity index (χ4n) is 2.89. The third kappa shape index (κ3) is 2.92. The number of ether oxygens (including phenoxy) is 1. The molecular weight excluding hydrogens is 324 g/mol. The molecule has 3 aromatic heterocycles. The number of aromatic nitrogens is 3. The number of nitrogens with zero attached hydrogens (tertiary/aromatic N) is 3. The molecule has 1 aliphatic heterocycles. The fraction of sp³-hybridized carbons (Fsp3) is 0.353. The number of hydrogen-bond acceptors (Lipinski definition) is 5. The van der Waals surface area contributed by atoms with Crippen LogP contribution in [0.3, 0.4) is 0 Å². The predicted octanol–water partition coefficient (Wildman–Crippen LogP) is 2.68. The average molecular weight is 342 g/mol. The highest BCUT2D eigenvalue weighted by atomic mass is 32.1. The number of fused-ring (bicyclic) bond motifs is 1. The normalized spacial score (nSPS) is 17.5. The van der Waals surface area contributed by atoms with E-state index in [0.29, 0.717) is 17.9 Å². The van der Waals surface area contributed by atoms with Crippen molar-refractivity contribution in [3.63, 3.8) is 0 Å². The molecule has 4 heterocycles. The number of rotatable bonds is 4. The van der Waals surface area contributed by atoms with Gasteiger partial charge in [-0.25, -0.2) is 9.50 Å². The van der Waals surface area contributed by atoms with E-state index in [1.807, 2.05) is 30.5 Å². The third-order valence-electron chi connectivity index (χ3n) is 4.13. The van der Waals surface area contributed by atoms with Crippen LogP contribution in [-0.4, -0.2) is 39.8 Å². The first-order valence-electron chi connectivity index (χ1n) is 8.02. The minimum Gasteiger partial charge on any atom is -0.376 e. The summed E-state index contributed by atoms with van der Waals surface area (Å²) in [6, 6.07) is 7.70. The van der Waals surface area contributed by atoms with E-state index < -0.39 is 0 Å². The maximum atomic E-state index is 12.4. The molecule has 0 radical (unpaired) electrons. The van der Waals surface area contributed by atoms with Crippen LogP contribution < -0.4 is 5.32 Å². The van der Waals surface area contributed by atoms with Crippen molar-refractivity contribution in [1.82, 2.24) is 19.9 Å². The monoisotopic (exact) mass is 342 g/mol. The van der Waals surface area contributed by atoms with Crippen molar-refractivity contribution < 1.29 is 9.53 Å². The van der Waals surface area contributed by atoms with Crippen LogP contribution in [0.2, 0.25) is 0 Å². The molecule has 1 atom stereocenters. The van der Waals surface area contributed by atoms with Crippen LogP contribution in [0.5, 0.6) is 0 Å². The van der Waals surface area contributed by atoms with Gasteiger partial charge < -0.3 is 10.1 Å². The Balaban J connectivity index is 1.58. The molecule has 124 valence electrons. The molecular formula is C17H18N4O2S. The lowest BCUT2D eigenvalue weighted by Gasteiger charge is -2.10. The van der Waals surface area contributed by atoms with Crippen molar-refractivity contribution in [2.24, 2.45) is 0 Å². The number of carbonyl (C=O) groups is 1. The summed E-state index contributed by atoms with van der Waals surface area (Å²) in [5.74, 6) is -0.171. The molecule has 4 rings (SSSR count). The maximum absolute atomic E-state index is 12.4. The highest BCUT2D eigenvalue weighted by Gasteiger charge is 2.18. The summed E-state index contributed by atoms with van der Waals surface area (Å²) < 4.78 is 7.30. The lowest BCUT2D eigenvalue weighted by molar-refractivity contribution is 0.0853. The number of amides is 1. The Morgan fingerprint density at radius 2 is 2.42 bits per heavy atom. The number of aryl methyl sites for hydroxylation is 1. The maximum Gasteiger partial charge on any atom is 0.270 e. The highest BCUT2D eigenvalue weighted by molar-refractivity contribution is 7.13. The zero-order chi connectivity index (χ0) is 16.5. The first-order chi connectivity index (χ1) is 11.7. The van der Waals surface area contributed by atoms with E-state index in [0.717, 1.165) is 35.7 Å². The first kappa shape index (κ1) is 15.3. The predicted molar refractivity (Wildman–Crippen MR) is 92.3 cm³/mol. The third-order valence-corrected chi connectivity index (χ3v) is 5.02. The molecule has 0 aliphatic carbocycles. The van der Waals surface area contributed by atoms with Crippen LogP contribution in [0.25, 0.3) is 16.2 Å². The molecule has 0 unspecified atom stereocenters. The Morgan fingerprint density at radius 1 is 1.50 bits per heavy atom. The lowest BCUT2D eigenvalue weighted by Crippen LogP contribution is -2.32. The number of nitrogens with one attached hydrogen (secondary N) is 1. The molecule has 0 saturated carbocycles. The summed E-state index contributed by atoms with van der Waals surface area (Å²) in [5, 5.41) is 9.51. The topological polar surface area (TPSA) is 68.5 Å². The Bertz CT molecular complexity index is 866. The smallest absolute Gasteiger partial charge is 0.270 e. The summed E-state index contributed by atoms with van der Waals surface area (Å²) in [4.78, 5) is 17.9. The summed E-state index contributed by atoms with van der Waals surface area (Å²) in [5.41, 5.74) is 2.85. The SMILES string of the molecule is Cc1cc(C(=O)NC[C@@H]2CCCO2)nc2cc(-c3cccs3)nn12. The molecule has 24 heavy (non-hydrogen) atoms. The molecule has 1 amide bonds. The van der Waals surface area contributed by atoms with Gasteiger partial charge >= 0.3 is 0 Å². The van der Waals surface area contributed by atoms with Gasteiger partial charge in [0.05, 0.1) is 11.0 Å². The summed E-state index contributed by atoms with van der Waals surface area (Å²) in [7, 11) is 0. The van der Waals surface area contributed by atoms with E-state index in [-0.39, 0.29) is 12.0 Å². The molecule has 3 aromatic rings. The van der Waals surface area contributed by atoms with Crippen LogP contribution in [0.4, 0.5) is 0 Å². The minimum absolute atomic E-state index is 0.124. The number of carbonyl (C=O) groups excluding carboxylic acids is 1. The van der Waals surface area contributed by atoms with Gasteiger partial charge in [-0.1, -0.05) is 6.07 Å². The summed E-state index contributed by atoms with van der Waals surface area (Å²) >= 11 is 1.63. The Kier molecular flexibility index (Phi) is 4.03. The van der Waals surface area contributed by atoms with Gasteiger partial charge in [0.15, 0.2) is 5.65 Å². The van der Waals surface area contributed by atoms with E-state index in [4.69, 9.17) is 4.74 Å². The second kappa shape index (κ2) is 6.33. The van der Waals surface area contributed by atoms with E-state index >= 15 is 0 Å². The Labute approximate surface area is 143 Å². The van der Waals surface area contributed by atoms with Gasteiger partial charge in [-0.3, -0.25) is 4.79 Å². The van der Waals surface area contributed by atoms with Gasteiger partial charge in [0.1, 0.15) is 11.4 Å². The van der Waals surface area contributed by atoms with Crippen LogP contribution >= 0.6 is 11.3 Å². The fourth-order valence-corrected chi connectivity index (χ4v) is 3.57. The number of hydrogen-bond donors (Lipinski definition) is 1. The zero-order valence-electron chi connectivity index (χ0n) is 13.4. The lowest BCUT2D eigenvalue weighted by atomic mass is 10.2. The highest BCUT2D eigenvalue weighted by Crippen LogP contribution is 2.24. The largest absolute Gasteiger partial charge is 0.376 e. The van der Waals surface area contributed by atoms with Crippen molar-refractivity contribution >= 4 is 22.9 Å². The summed E-state index contributed by atoms with van der Waals surface area (Å²) in [6.07, 6.45) is 2.18. The van der Waals surface area contributed by atoms with Crippen molar-refractivity contribution in [1.29, 1.82) is 0 Å². The second-order valence-electron chi connectivity index (χ2n) is 5.90. The van der Waals surface area contributed by atoms with E-state index in [9.17, 15) is 4.79 Å². The molecule has 0 bridgehead atoms. The zero-order valence-corrected chi connectivity index (χ0v) is 14.2. The second-order valence-corrected chi connectivity index (χ2v) is 6.85. The van der Waals surface area contributed by atoms with Gasteiger partial charge in [-0.15, -0.1) is 11.3 Å². The molecule has 6 nitrogen and oxygen atoms in total. The molecule has 0 spiro atoms. The molecule has 7 heteroatoms. The molecule has 1 saturated heterocycles. The molecule has 1 fully saturated rings. The molecule has 0 aromatic carbocycles. The van der Waals surface area contributed by atoms with E-state index in [1.165, 1.54) is 0 Å². The Morgan fingerprint density at radius 3 is 3.17 bits per heavy atom. The van der Waals surface area contributed by atoms with Crippen LogP contribution in [0.1, 0.15) is 29.0 Å². The van der Waals surface area contributed by atoms with Crippen molar-refractivity contribution in [3.05, 3.63) is 41.0 Å². The van der Waals surface area contributed by atoms with Gasteiger partial charge in [-0.2, -0.15) is 5.10 Å². The van der Waals surface area contributed by atoms with Gasteiger partial charge in [0.25, 0.3) is 5.91 Å². The van der Waals surface area contributed by atoms with Gasteiger partial charge in [0.2, 0.25) is 0 Å². The number of thiophene rings is 1. The van der Waals surface area contributed by atoms with Crippen molar-refractivity contribution in [2.75, 3.05) is 13.2 Å².